The highest BCUT2D eigenvalue weighted by Gasteiger charge is 2.17. The van der Waals surface area contributed by atoms with E-state index < -0.39 is 10.0 Å². The molecule has 7 nitrogen and oxygen atoms in total. The van der Waals surface area contributed by atoms with Gasteiger partial charge in [-0.15, -0.1) is 0 Å². The zero-order valence-corrected chi connectivity index (χ0v) is 16.2. The van der Waals surface area contributed by atoms with Gasteiger partial charge in [-0.05, 0) is 55.0 Å². The standard InChI is InChI=1S/C20H19N3O4S/c1-14-13-21-12-11-17(14)20(24)22-18-5-3-4-6-19(18)23-28(25,26)16-9-7-15(27-2)8-10-16/h3-13,23H,1-2H3,(H,22,24). The first-order chi connectivity index (χ1) is 13.4. The molecule has 0 aliphatic carbocycles. The molecule has 1 heterocycles. The number of nitrogens with zero attached hydrogens (tertiary/aromatic N) is 1. The van der Waals surface area contributed by atoms with Crippen LogP contribution in [-0.2, 0) is 10.0 Å². The van der Waals surface area contributed by atoms with E-state index in [9.17, 15) is 13.2 Å². The highest BCUT2D eigenvalue weighted by atomic mass is 32.2. The van der Waals surface area contributed by atoms with Crippen molar-refractivity contribution in [3.63, 3.8) is 0 Å². The summed E-state index contributed by atoms with van der Waals surface area (Å²) in [4.78, 5) is 16.6. The lowest BCUT2D eigenvalue weighted by molar-refractivity contribution is 0.102. The van der Waals surface area contributed by atoms with Crippen molar-refractivity contribution in [1.29, 1.82) is 0 Å². The SMILES string of the molecule is COc1ccc(S(=O)(=O)Nc2ccccc2NC(=O)c2ccncc2C)cc1. The summed E-state index contributed by atoms with van der Waals surface area (Å²) in [5, 5.41) is 2.75. The Kier molecular flexibility index (Phi) is 5.60. The first kappa shape index (κ1) is 19.4. The van der Waals surface area contributed by atoms with Gasteiger partial charge in [0, 0.05) is 18.0 Å². The van der Waals surface area contributed by atoms with E-state index in [4.69, 9.17) is 4.74 Å². The van der Waals surface area contributed by atoms with Crippen LogP contribution in [0.2, 0.25) is 0 Å². The van der Waals surface area contributed by atoms with Crippen LogP contribution in [0.1, 0.15) is 15.9 Å². The maximum Gasteiger partial charge on any atom is 0.261 e. The topological polar surface area (TPSA) is 97.4 Å². The van der Waals surface area contributed by atoms with Crippen LogP contribution in [0.5, 0.6) is 5.75 Å². The number of carbonyl (C=O) groups excluding carboxylic acids is 1. The Labute approximate surface area is 163 Å². The number of methoxy groups -OCH3 is 1. The third-order valence-corrected chi connectivity index (χ3v) is 5.44. The van der Waals surface area contributed by atoms with Gasteiger partial charge in [0.15, 0.2) is 0 Å². The number of amides is 1. The Bertz CT molecular complexity index is 1100. The van der Waals surface area contributed by atoms with Gasteiger partial charge in [-0.25, -0.2) is 8.42 Å². The molecule has 8 heteroatoms. The molecule has 0 spiro atoms. The molecule has 0 aliphatic heterocycles. The Balaban J connectivity index is 1.85. The van der Waals surface area contributed by atoms with Gasteiger partial charge in [0.2, 0.25) is 0 Å². The molecule has 144 valence electrons. The van der Waals surface area contributed by atoms with Crippen molar-refractivity contribution in [1.82, 2.24) is 4.98 Å². The van der Waals surface area contributed by atoms with Gasteiger partial charge in [-0.1, -0.05) is 12.1 Å². The molecular formula is C20H19N3O4S. The van der Waals surface area contributed by atoms with Crippen LogP contribution in [0.25, 0.3) is 0 Å². The number of benzene rings is 2. The number of ether oxygens (including phenoxy) is 1. The Hall–Kier alpha value is -3.39. The average Bonchev–Trinajstić information content (AvgIpc) is 2.69. The number of nitrogens with one attached hydrogen (secondary N) is 2. The van der Waals surface area contributed by atoms with E-state index in [2.05, 4.69) is 15.0 Å². The Morgan fingerprint density at radius 3 is 2.32 bits per heavy atom. The second-order valence-electron chi connectivity index (χ2n) is 5.97. The fourth-order valence-electron chi connectivity index (χ4n) is 2.56. The van der Waals surface area contributed by atoms with Gasteiger partial charge < -0.3 is 10.1 Å². The summed E-state index contributed by atoms with van der Waals surface area (Å²) in [6.45, 7) is 1.78. The predicted molar refractivity (Wildman–Crippen MR) is 107 cm³/mol. The highest BCUT2D eigenvalue weighted by Crippen LogP contribution is 2.26. The molecule has 0 bridgehead atoms. The maximum atomic E-state index is 12.7. The summed E-state index contributed by atoms with van der Waals surface area (Å²) in [6.07, 6.45) is 3.12. The molecule has 0 atom stereocenters. The van der Waals surface area contributed by atoms with E-state index in [0.29, 0.717) is 17.0 Å². The van der Waals surface area contributed by atoms with E-state index in [-0.39, 0.29) is 16.5 Å². The highest BCUT2D eigenvalue weighted by molar-refractivity contribution is 7.92. The number of carbonyl (C=O) groups is 1. The van der Waals surface area contributed by atoms with E-state index in [0.717, 1.165) is 5.56 Å². The number of hydrogen-bond acceptors (Lipinski definition) is 5. The number of sulfonamides is 1. The molecule has 0 saturated heterocycles. The molecular weight excluding hydrogens is 378 g/mol. The number of hydrogen-bond donors (Lipinski definition) is 2. The van der Waals surface area contributed by atoms with Gasteiger partial charge in [-0.3, -0.25) is 14.5 Å². The van der Waals surface area contributed by atoms with Gasteiger partial charge in [0.05, 0.1) is 23.4 Å². The molecule has 3 rings (SSSR count). The fraction of sp³-hybridized carbons (Fsp3) is 0.100. The molecule has 0 fully saturated rings. The zero-order chi connectivity index (χ0) is 20.1. The monoisotopic (exact) mass is 397 g/mol. The van der Waals surface area contributed by atoms with E-state index in [1.165, 1.54) is 25.4 Å². The van der Waals surface area contributed by atoms with Crippen molar-refractivity contribution < 1.29 is 17.9 Å². The molecule has 1 aromatic heterocycles. The second kappa shape index (κ2) is 8.10. The van der Waals surface area contributed by atoms with Gasteiger partial charge in [0.1, 0.15) is 5.75 Å². The zero-order valence-electron chi connectivity index (χ0n) is 15.3. The molecule has 0 aliphatic rings. The van der Waals surface area contributed by atoms with Crippen molar-refractivity contribution in [3.8, 4) is 5.75 Å². The summed E-state index contributed by atoms with van der Waals surface area (Å²) in [5.41, 5.74) is 1.79. The van der Waals surface area contributed by atoms with Crippen molar-refractivity contribution in [2.24, 2.45) is 0 Å². The first-order valence-corrected chi connectivity index (χ1v) is 9.87. The first-order valence-electron chi connectivity index (χ1n) is 8.38. The smallest absolute Gasteiger partial charge is 0.261 e. The van der Waals surface area contributed by atoms with Crippen LogP contribution in [-0.4, -0.2) is 26.4 Å². The van der Waals surface area contributed by atoms with Crippen LogP contribution < -0.4 is 14.8 Å². The fourth-order valence-corrected chi connectivity index (χ4v) is 3.64. The number of pyridine rings is 1. The average molecular weight is 397 g/mol. The van der Waals surface area contributed by atoms with Gasteiger partial charge >= 0.3 is 0 Å². The lowest BCUT2D eigenvalue weighted by atomic mass is 10.1. The third-order valence-electron chi connectivity index (χ3n) is 4.05. The van der Waals surface area contributed by atoms with E-state index in [1.54, 1.807) is 55.6 Å². The van der Waals surface area contributed by atoms with Crippen molar-refractivity contribution in [2.45, 2.75) is 11.8 Å². The largest absolute Gasteiger partial charge is 0.497 e. The minimum absolute atomic E-state index is 0.0828. The van der Waals surface area contributed by atoms with Crippen LogP contribution in [0.4, 0.5) is 11.4 Å². The summed E-state index contributed by atoms with van der Waals surface area (Å²) in [6, 6.07) is 14.2. The van der Waals surface area contributed by atoms with Crippen LogP contribution in [0, 0.1) is 6.92 Å². The number of rotatable bonds is 6. The van der Waals surface area contributed by atoms with Gasteiger partial charge in [-0.2, -0.15) is 0 Å². The molecule has 28 heavy (non-hydrogen) atoms. The lowest BCUT2D eigenvalue weighted by Gasteiger charge is -2.14. The van der Waals surface area contributed by atoms with Crippen molar-refractivity contribution >= 4 is 27.3 Å². The molecule has 0 saturated carbocycles. The molecule has 2 aromatic carbocycles. The number of para-hydroxylation sites is 2. The third kappa shape index (κ3) is 4.29. The number of anilines is 2. The summed E-state index contributed by atoms with van der Waals surface area (Å²) < 4.78 is 32.9. The van der Waals surface area contributed by atoms with Crippen LogP contribution >= 0.6 is 0 Å². The van der Waals surface area contributed by atoms with E-state index in [1.807, 2.05) is 0 Å². The lowest BCUT2D eigenvalue weighted by Crippen LogP contribution is -2.17. The van der Waals surface area contributed by atoms with Crippen molar-refractivity contribution in [2.75, 3.05) is 17.1 Å². The Morgan fingerprint density at radius 1 is 1.00 bits per heavy atom. The molecule has 1 amide bonds. The Morgan fingerprint density at radius 2 is 1.68 bits per heavy atom. The van der Waals surface area contributed by atoms with E-state index >= 15 is 0 Å². The molecule has 2 N–H and O–H groups in total. The molecule has 0 radical (unpaired) electrons. The number of aromatic nitrogens is 1. The predicted octanol–water partition coefficient (Wildman–Crippen LogP) is 3.45. The minimum Gasteiger partial charge on any atom is -0.497 e. The summed E-state index contributed by atoms with van der Waals surface area (Å²) >= 11 is 0. The number of aryl methyl sites for hydroxylation is 1. The maximum absolute atomic E-state index is 12.7. The quantitative estimate of drug-likeness (QED) is 0.664. The second-order valence-corrected chi connectivity index (χ2v) is 7.65. The van der Waals surface area contributed by atoms with Gasteiger partial charge in [0.25, 0.3) is 15.9 Å². The molecule has 3 aromatic rings. The summed E-state index contributed by atoms with van der Waals surface area (Å²) in [5.74, 6) is 0.204. The van der Waals surface area contributed by atoms with Crippen LogP contribution in [0.15, 0.2) is 71.9 Å². The van der Waals surface area contributed by atoms with Crippen molar-refractivity contribution in [3.05, 3.63) is 78.1 Å². The minimum atomic E-state index is -3.84. The molecule has 0 unspecified atom stereocenters. The normalized spacial score (nSPS) is 10.9. The van der Waals surface area contributed by atoms with Crippen LogP contribution in [0.3, 0.4) is 0 Å². The summed E-state index contributed by atoms with van der Waals surface area (Å²) in [7, 11) is -2.33.